The van der Waals surface area contributed by atoms with E-state index in [0.717, 1.165) is 11.4 Å². The number of nitrogens with zero attached hydrogens (tertiary/aromatic N) is 1. The van der Waals surface area contributed by atoms with Crippen molar-refractivity contribution in [2.24, 2.45) is 5.84 Å². The molecule has 94 valence electrons. The van der Waals surface area contributed by atoms with Gasteiger partial charge in [0.25, 0.3) is 0 Å². The molecule has 0 spiro atoms. The highest BCUT2D eigenvalue weighted by molar-refractivity contribution is 7.98. The van der Waals surface area contributed by atoms with Crippen LogP contribution in [0.5, 0.6) is 5.75 Å². The average molecular weight is 261 g/mol. The third-order valence-electron chi connectivity index (χ3n) is 2.40. The van der Waals surface area contributed by atoms with Crippen LogP contribution >= 0.6 is 11.8 Å². The minimum absolute atomic E-state index is 0.425. The monoisotopic (exact) mass is 261 g/mol. The molecule has 2 aromatic rings. The van der Waals surface area contributed by atoms with Crippen LogP contribution in [-0.4, -0.2) is 11.2 Å². The van der Waals surface area contributed by atoms with Gasteiger partial charge in [-0.05, 0) is 42.7 Å². The van der Waals surface area contributed by atoms with Gasteiger partial charge in [0.05, 0.1) is 5.69 Å². The predicted octanol–water partition coefficient (Wildman–Crippen LogP) is 2.67. The Labute approximate surface area is 111 Å². The Morgan fingerprint density at radius 1 is 1.22 bits per heavy atom. The summed E-state index contributed by atoms with van der Waals surface area (Å²) in [6.07, 6.45) is 2.05. The zero-order valence-corrected chi connectivity index (χ0v) is 10.9. The molecule has 2 rings (SSSR count). The molecule has 0 saturated heterocycles. The summed E-state index contributed by atoms with van der Waals surface area (Å²) < 4.78 is 5.65. The van der Waals surface area contributed by atoms with Gasteiger partial charge in [0.2, 0.25) is 0 Å². The van der Waals surface area contributed by atoms with Crippen LogP contribution in [0.3, 0.4) is 0 Å². The van der Waals surface area contributed by atoms with Crippen LogP contribution < -0.4 is 16.0 Å². The first kappa shape index (κ1) is 12.7. The van der Waals surface area contributed by atoms with Gasteiger partial charge in [-0.25, -0.2) is 10.8 Å². The largest absolute Gasteiger partial charge is 0.487 e. The van der Waals surface area contributed by atoms with E-state index in [1.165, 1.54) is 4.90 Å². The predicted molar refractivity (Wildman–Crippen MR) is 74.6 cm³/mol. The Kier molecular flexibility index (Phi) is 4.44. The maximum atomic E-state index is 5.65. The molecule has 4 nitrogen and oxygen atoms in total. The van der Waals surface area contributed by atoms with E-state index >= 15 is 0 Å². The molecule has 0 aliphatic carbocycles. The number of nitrogens with one attached hydrogen (secondary N) is 1. The molecule has 0 unspecified atom stereocenters. The fourth-order valence-electron chi connectivity index (χ4n) is 1.47. The van der Waals surface area contributed by atoms with Gasteiger partial charge in [-0.2, -0.15) is 0 Å². The Morgan fingerprint density at radius 2 is 2.00 bits per heavy atom. The molecule has 0 amide bonds. The second-order valence-corrected chi connectivity index (χ2v) is 4.50. The number of rotatable bonds is 5. The molecule has 0 aliphatic rings. The number of anilines is 1. The van der Waals surface area contributed by atoms with Crippen molar-refractivity contribution >= 4 is 17.6 Å². The summed E-state index contributed by atoms with van der Waals surface area (Å²) in [5.41, 5.74) is 3.34. The summed E-state index contributed by atoms with van der Waals surface area (Å²) in [7, 11) is 0. The van der Waals surface area contributed by atoms with Crippen molar-refractivity contribution in [2.75, 3.05) is 11.7 Å². The van der Waals surface area contributed by atoms with E-state index in [9.17, 15) is 0 Å². The molecule has 0 aliphatic heterocycles. The van der Waals surface area contributed by atoms with Gasteiger partial charge >= 0.3 is 0 Å². The lowest BCUT2D eigenvalue weighted by Crippen LogP contribution is -2.09. The standard InChI is InChI=1S/C13H15N3OS/c1-18-12-7-5-11(6-8-12)17-9-10-3-2-4-13(15-10)16-14/h2-8H,9,14H2,1H3,(H,15,16). The van der Waals surface area contributed by atoms with Crippen molar-refractivity contribution in [3.05, 3.63) is 48.2 Å². The number of aromatic nitrogens is 1. The molecule has 1 aromatic carbocycles. The van der Waals surface area contributed by atoms with Gasteiger partial charge < -0.3 is 10.2 Å². The van der Waals surface area contributed by atoms with Crippen molar-refractivity contribution in [3.63, 3.8) is 0 Å². The Hall–Kier alpha value is -1.72. The van der Waals surface area contributed by atoms with Gasteiger partial charge in [-0.1, -0.05) is 6.07 Å². The number of hydrogen-bond donors (Lipinski definition) is 2. The lowest BCUT2D eigenvalue weighted by atomic mass is 10.3. The second kappa shape index (κ2) is 6.28. The van der Waals surface area contributed by atoms with E-state index < -0.39 is 0 Å². The van der Waals surface area contributed by atoms with E-state index in [-0.39, 0.29) is 0 Å². The van der Waals surface area contributed by atoms with Crippen molar-refractivity contribution in [1.82, 2.24) is 4.98 Å². The third-order valence-corrected chi connectivity index (χ3v) is 3.14. The van der Waals surface area contributed by atoms with Crippen LogP contribution in [-0.2, 0) is 6.61 Å². The number of ether oxygens (including phenoxy) is 1. The summed E-state index contributed by atoms with van der Waals surface area (Å²) in [6.45, 7) is 0.425. The number of benzene rings is 1. The van der Waals surface area contributed by atoms with Crippen LogP contribution in [0, 0.1) is 0 Å². The maximum Gasteiger partial charge on any atom is 0.140 e. The van der Waals surface area contributed by atoms with E-state index in [1.54, 1.807) is 17.8 Å². The van der Waals surface area contributed by atoms with E-state index in [2.05, 4.69) is 10.4 Å². The van der Waals surface area contributed by atoms with Crippen molar-refractivity contribution in [1.29, 1.82) is 0 Å². The van der Waals surface area contributed by atoms with Crippen molar-refractivity contribution < 1.29 is 4.74 Å². The first-order valence-corrected chi connectivity index (χ1v) is 6.73. The van der Waals surface area contributed by atoms with E-state index in [4.69, 9.17) is 10.6 Å². The highest BCUT2D eigenvalue weighted by Gasteiger charge is 1.99. The van der Waals surface area contributed by atoms with Gasteiger partial charge in [-0.3, -0.25) is 0 Å². The minimum Gasteiger partial charge on any atom is -0.487 e. The van der Waals surface area contributed by atoms with Crippen LogP contribution in [0.1, 0.15) is 5.69 Å². The van der Waals surface area contributed by atoms with Crippen molar-refractivity contribution in [2.45, 2.75) is 11.5 Å². The quantitative estimate of drug-likeness (QED) is 0.492. The Bertz CT molecular complexity index is 502. The summed E-state index contributed by atoms with van der Waals surface area (Å²) in [6, 6.07) is 13.6. The summed E-state index contributed by atoms with van der Waals surface area (Å²) >= 11 is 1.71. The maximum absolute atomic E-state index is 5.65. The molecule has 0 saturated carbocycles. The van der Waals surface area contributed by atoms with E-state index in [0.29, 0.717) is 12.4 Å². The fourth-order valence-corrected chi connectivity index (χ4v) is 1.88. The van der Waals surface area contributed by atoms with Gasteiger partial charge in [0.1, 0.15) is 18.2 Å². The lowest BCUT2D eigenvalue weighted by Gasteiger charge is -2.07. The van der Waals surface area contributed by atoms with Crippen molar-refractivity contribution in [3.8, 4) is 5.75 Å². The Morgan fingerprint density at radius 3 is 2.67 bits per heavy atom. The van der Waals surface area contributed by atoms with Gasteiger partial charge in [-0.15, -0.1) is 11.8 Å². The molecule has 18 heavy (non-hydrogen) atoms. The molecule has 0 bridgehead atoms. The number of thioether (sulfide) groups is 1. The molecule has 0 atom stereocenters. The molecular weight excluding hydrogens is 246 g/mol. The van der Waals surface area contributed by atoms with E-state index in [1.807, 2.05) is 42.7 Å². The second-order valence-electron chi connectivity index (χ2n) is 3.62. The number of pyridine rings is 1. The number of nitrogen functional groups attached to an aromatic ring is 1. The molecule has 0 fully saturated rings. The molecule has 1 aromatic heterocycles. The zero-order valence-electron chi connectivity index (χ0n) is 10.1. The topological polar surface area (TPSA) is 60.2 Å². The first-order chi connectivity index (χ1) is 8.81. The number of nitrogens with two attached hydrogens (primary N) is 1. The summed E-state index contributed by atoms with van der Waals surface area (Å²) in [5.74, 6) is 6.77. The third kappa shape index (κ3) is 3.38. The van der Waals surface area contributed by atoms with Gasteiger partial charge in [0.15, 0.2) is 0 Å². The molecule has 1 heterocycles. The molecular formula is C13H15N3OS. The molecule has 3 N–H and O–H groups in total. The smallest absolute Gasteiger partial charge is 0.140 e. The zero-order chi connectivity index (χ0) is 12.8. The summed E-state index contributed by atoms with van der Waals surface area (Å²) in [4.78, 5) is 5.49. The fraction of sp³-hybridized carbons (Fsp3) is 0.154. The average Bonchev–Trinajstić information content (AvgIpc) is 2.46. The van der Waals surface area contributed by atoms with Crippen LogP contribution in [0.4, 0.5) is 5.82 Å². The van der Waals surface area contributed by atoms with Crippen LogP contribution in [0.2, 0.25) is 0 Å². The van der Waals surface area contributed by atoms with Crippen LogP contribution in [0.25, 0.3) is 0 Å². The van der Waals surface area contributed by atoms with Crippen LogP contribution in [0.15, 0.2) is 47.4 Å². The number of hydrogen-bond acceptors (Lipinski definition) is 5. The summed E-state index contributed by atoms with van der Waals surface area (Å²) in [5, 5.41) is 0. The van der Waals surface area contributed by atoms with Gasteiger partial charge in [0, 0.05) is 4.90 Å². The number of hydrazine groups is 1. The SMILES string of the molecule is CSc1ccc(OCc2cccc(NN)n2)cc1. The Balaban J connectivity index is 1.97. The highest BCUT2D eigenvalue weighted by atomic mass is 32.2. The minimum atomic E-state index is 0.425. The molecule has 5 heteroatoms. The normalized spacial score (nSPS) is 10.1. The lowest BCUT2D eigenvalue weighted by molar-refractivity contribution is 0.301. The molecule has 0 radical (unpaired) electrons. The first-order valence-electron chi connectivity index (χ1n) is 5.51. The highest BCUT2D eigenvalue weighted by Crippen LogP contribution is 2.19.